The quantitative estimate of drug-likeness (QED) is 0.743. The van der Waals surface area contributed by atoms with Crippen molar-refractivity contribution in [2.45, 2.75) is 26.3 Å². The highest BCUT2D eigenvalue weighted by molar-refractivity contribution is 7.89. The number of hydrogen-bond donors (Lipinski definition) is 1. The molecule has 29 heavy (non-hydrogen) atoms. The van der Waals surface area contributed by atoms with Gasteiger partial charge in [-0.05, 0) is 49.6 Å². The molecular weight excluding hydrogens is 397 g/mol. The molecule has 1 aliphatic rings. The Balaban J connectivity index is 1.51. The fraction of sp³-hybridized carbons (Fsp3) is 0.400. The highest BCUT2D eigenvalue weighted by Crippen LogP contribution is 2.25. The van der Waals surface area contributed by atoms with Crippen molar-refractivity contribution in [3.63, 3.8) is 0 Å². The van der Waals surface area contributed by atoms with Gasteiger partial charge in [-0.2, -0.15) is 0 Å². The Morgan fingerprint density at radius 2 is 2.07 bits per heavy atom. The Morgan fingerprint density at radius 3 is 2.69 bits per heavy atom. The summed E-state index contributed by atoms with van der Waals surface area (Å²) in [6.45, 7) is 2.50. The third kappa shape index (κ3) is 5.51. The summed E-state index contributed by atoms with van der Waals surface area (Å²) in [7, 11) is -3.21. The fourth-order valence-corrected chi connectivity index (χ4v) is 4.32. The van der Waals surface area contributed by atoms with Crippen LogP contribution in [-0.2, 0) is 21.4 Å². The SMILES string of the molecule is CCS(=O)(=O)N1CCC(C(=O)NCc2ccc(Oc3cccnc3)c(F)c2)CC1. The molecule has 2 heterocycles. The number of benzene rings is 1. The smallest absolute Gasteiger partial charge is 0.223 e. The van der Waals surface area contributed by atoms with Gasteiger partial charge in [0.15, 0.2) is 11.6 Å². The summed E-state index contributed by atoms with van der Waals surface area (Å²) in [4.78, 5) is 16.3. The standard InChI is InChI=1S/C20H24FN3O4S/c1-2-29(26,27)24-10-7-16(8-11-24)20(25)23-13-15-5-6-19(18(21)12-15)28-17-4-3-9-22-14-17/h3-6,9,12,14,16H,2,7-8,10-11,13H2,1H3,(H,23,25). The van der Waals surface area contributed by atoms with Gasteiger partial charge in [0.05, 0.1) is 11.9 Å². The van der Waals surface area contributed by atoms with E-state index in [1.165, 1.54) is 22.6 Å². The minimum Gasteiger partial charge on any atom is -0.453 e. The lowest BCUT2D eigenvalue weighted by atomic mass is 9.97. The third-order valence-corrected chi connectivity index (χ3v) is 6.79. The molecule has 1 aliphatic heterocycles. The van der Waals surface area contributed by atoms with Gasteiger partial charge in [-0.25, -0.2) is 17.1 Å². The summed E-state index contributed by atoms with van der Waals surface area (Å²) < 4.78 is 45.0. The van der Waals surface area contributed by atoms with E-state index in [1.54, 1.807) is 31.3 Å². The second-order valence-corrected chi connectivity index (χ2v) is 9.10. The number of halogens is 1. The molecule has 0 saturated carbocycles. The molecule has 3 rings (SSSR count). The summed E-state index contributed by atoms with van der Waals surface area (Å²) in [6.07, 6.45) is 4.06. The van der Waals surface area contributed by atoms with E-state index in [0.29, 0.717) is 37.2 Å². The molecule has 0 unspecified atom stereocenters. The first-order valence-electron chi connectivity index (χ1n) is 9.51. The van der Waals surface area contributed by atoms with Crippen LogP contribution in [0.4, 0.5) is 4.39 Å². The topological polar surface area (TPSA) is 88.6 Å². The molecule has 0 atom stereocenters. The van der Waals surface area contributed by atoms with Gasteiger partial charge in [0.25, 0.3) is 0 Å². The van der Waals surface area contributed by atoms with Crippen LogP contribution in [0, 0.1) is 11.7 Å². The normalized spacial score (nSPS) is 15.8. The number of nitrogens with one attached hydrogen (secondary N) is 1. The van der Waals surface area contributed by atoms with Crippen molar-refractivity contribution in [1.82, 2.24) is 14.6 Å². The summed E-state index contributed by atoms with van der Waals surface area (Å²) in [6, 6.07) is 7.89. The Hall–Kier alpha value is -2.52. The average molecular weight is 421 g/mol. The number of ether oxygens (including phenoxy) is 1. The number of amides is 1. The lowest BCUT2D eigenvalue weighted by molar-refractivity contribution is -0.126. The maximum Gasteiger partial charge on any atom is 0.223 e. The first kappa shape index (κ1) is 21.2. The van der Waals surface area contributed by atoms with E-state index in [2.05, 4.69) is 10.3 Å². The monoisotopic (exact) mass is 421 g/mol. The van der Waals surface area contributed by atoms with Crippen LogP contribution < -0.4 is 10.1 Å². The average Bonchev–Trinajstić information content (AvgIpc) is 2.74. The van der Waals surface area contributed by atoms with Gasteiger partial charge in [-0.3, -0.25) is 9.78 Å². The minimum absolute atomic E-state index is 0.0654. The van der Waals surface area contributed by atoms with Crippen LogP contribution >= 0.6 is 0 Å². The van der Waals surface area contributed by atoms with Crippen molar-refractivity contribution in [2.24, 2.45) is 5.92 Å². The van der Waals surface area contributed by atoms with E-state index in [4.69, 9.17) is 4.74 Å². The van der Waals surface area contributed by atoms with Gasteiger partial charge in [0.2, 0.25) is 15.9 Å². The van der Waals surface area contributed by atoms with Gasteiger partial charge < -0.3 is 10.1 Å². The Kier molecular flexibility index (Phi) is 6.81. The van der Waals surface area contributed by atoms with Crippen LogP contribution in [0.15, 0.2) is 42.7 Å². The van der Waals surface area contributed by atoms with E-state index >= 15 is 0 Å². The maximum atomic E-state index is 14.3. The lowest BCUT2D eigenvalue weighted by Crippen LogP contribution is -2.43. The number of sulfonamides is 1. The van der Waals surface area contributed by atoms with Crippen molar-refractivity contribution >= 4 is 15.9 Å². The van der Waals surface area contributed by atoms with Crippen molar-refractivity contribution in [3.05, 3.63) is 54.1 Å². The Labute approximate surface area is 169 Å². The predicted octanol–water partition coefficient (Wildman–Crippen LogP) is 2.69. The number of piperidine rings is 1. The zero-order chi connectivity index (χ0) is 20.9. The molecular formula is C20H24FN3O4S. The van der Waals surface area contributed by atoms with Crippen molar-refractivity contribution < 1.29 is 22.3 Å². The summed E-state index contributed by atoms with van der Waals surface area (Å²) in [5.41, 5.74) is 0.611. The fourth-order valence-electron chi connectivity index (χ4n) is 3.18. The first-order chi connectivity index (χ1) is 13.9. The summed E-state index contributed by atoms with van der Waals surface area (Å²) in [5, 5.41) is 2.81. The van der Waals surface area contributed by atoms with E-state index < -0.39 is 15.8 Å². The van der Waals surface area contributed by atoms with E-state index in [-0.39, 0.29) is 29.9 Å². The molecule has 0 aliphatic carbocycles. The van der Waals surface area contributed by atoms with Crippen molar-refractivity contribution in [1.29, 1.82) is 0 Å². The number of hydrogen-bond acceptors (Lipinski definition) is 5. The molecule has 156 valence electrons. The molecule has 2 aromatic rings. The van der Waals surface area contributed by atoms with Crippen LogP contribution in [0.1, 0.15) is 25.3 Å². The lowest BCUT2D eigenvalue weighted by Gasteiger charge is -2.30. The Bertz CT molecular complexity index is 945. The third-order valence-electron chi connectivity index (χ3n) is 4.91. The predicted molar refractivity (Wildman–Crippen MR) is 106 cm³/mol. The summed E-state index contributed by atoms with van der Waals surface area (Å²) >= 11 is 0. The zero-order valence-electron chi connectivity index (χ0n) is 16.2. The highest BCUT2D eigenvalue weighted by Gasteiger charge is 2.29. The van der Waals surface area contributed by atoms with Crippen LogP contribution in [0.25, 0.3) is 0 Å². The maximum absolute atomic E-state index is 14.3. The van der Waals surface area contributed by atoms with Gasteiger partial charge in [-0.1, -0.05) is 6.07 Å². The van der Waals surface area contributed by atoms with Crippen LogP contribution in [0.5, 0.6) is 11.5 Å². The molecule has 0 spiro atoms. The van der Waals surface area contributed by atoms with Gasteiger partial charge in [-0.15, -0.1) is 0 Å². The summed E-state index contributed by atoms with van der Waals surface area (Å²) in [5.74, 6) is -0.332. The first-order valence-corrected chi connectivity index (χ1v) is 11.1. The number of carbonyl (C=O) groups is 1. The second kappa shape index (κ2) is 9.32. The van der Waals surface area contributed by atoms with E-state index in [9.17, 15) is 17.6 Å². The number of carbonyl (C=O) groups excluding carboxylic acids is 1. The van der Waals surface area contributed by atoms with Gasteiger partial charge >= 0.3 is 0 Å². The number of nitrogens with zero attached hydrogens (tertiary/aromatic N) is 2. The number of pyridine rings is 1. The molecule has 1 saturated heterocycles. The van der Waals surface area contributed by atoms with Crippen LogP contribution in [-0.4, -0.2) is 42.5 Å². The number of aromatic nitrogens is 1. The molecule has 1 aromatic carbocycles. The minimum atomic E-state index is -3.21. The molecule has 1 aromatic heterocycles. The number of rotatable bonds is 7. The van der Waals surface area contributed by atoms with E-state index in [0.717, 1.165) is 0 Å². The van der Waals surface area contributed by atoms with Crippen molar-refractivity contribution in [3.8, 4) is 11.5 Å². The zero-order valence-corrected chi connectivity index (χ0v) is 17.0. The van der Waals surface area contributed by atoms with Crippen LogP contribution in [0.3, 0.4) is 0 Å². The molecule has 7 nitrogen and oxygen atoms in total. The molecule has 9 heteroatoms. The molecule has 1 fully saturated rings. The highest BCUT2D eigenvalue weighted by atomic mass is 32.2. The Morgan fingerprint density at radius 1 is 1.31 bits per heavy atom. The van der Waals surface area contributed by atoms with Crippen LogP contribution in [0.2, 0.25) is 0 Å². The molecule has 0 bridgehead atoms. The van der Waals surface area contributed by atoms with Gasteiger partial charge in [0, 0.05) is 31.7 Å². The van der Waals surface area contributed by atoms with Crippen molar-refractivity contribution in [2.75, 3.05) is 18.8 Å². The molecule has 1 N–H and O–H groups in total. The molecule has 0 radical (unpaired) electrons. The second-order valence-electron chi connectivity index (χ2n) is 6.85. The van der Waals surface area contributed by atoms with Gasteiger partial charge in [0.1, 0.15) is 5.75 Å². The molecule has 1 amide bonds. The van der Waals surface area contributed by atoms with E-state index in [1.807, 2.05) is 0 Å². The largest absolute Gasteiger partial charge is 0.453 e.